The normalized spacial score (nSPS) is 18.5. The van der Waals surface area contributed by atoms with Crippen molar-refractivity contribution in [1.29, 1.82) is 0 Å². The Bertz CT molecular complexity index is 1120. The van der Waals surface area contributed by atoms with Crippen molar-refractivity contribution in [2.75, 3.05) is 39.5 Å². The molecule has 3 aromatic carbocycles. The zero-order valence-corrected chi connectivity index (χ0v) is 18.9. The van der Waals surface area contributed by atoms with Gasteiger partial charge in [-0.3, -0.25) is 0 Å². The van der Waals surface area contributed by atoms with E-state index in [1.807, 2.05) is 49.4 Å². The number of quaternary nitrogens is 1. The van der Waals surface area contributed by atoms with Gasteiger partial charge in [-0.25, -0.2) is 4.39 Å². The molecule has 3 aromatic rings. The smallest absolute Gasteiger partial charge is 0.140 e. The molecule has 4 nitrogen and oxygen atoms in total. The van der Waals surface area contributed by atoms with Crippen LogP contribution in [-0.2, 0) is 4.74 Å². The van der Waals surface area contributed by atoms with E-state index in [-0.39, 0.29) is 11.7 Å². The molecule has 2 aliphatic rings. The van der Waals surface area contributed by atoms with Crippen LogP contribution in [0, 0.1) is 5.82 Å². The highest BCUT2D eigenvalue weighted by atomic mass is 19.1. The van der Waals surface area contributed by atoms with Gasteiger partial charge in [0.05, 0.1) is 19.8 Å². The van der Waals surface area contributed by atoms with Gasteiger partial charge in [-0.15, -0.1) is 0 Å². The lowest BCUT2D eigenvalue weighted by molar-refractivity contribution is -0.903. The van der Waals surface area contributed by atoms with Crippen LogP contribution in [0.3, 0.4) is 0 Å². The van der Waals surface area contributed by atoms with E-state index in [0.717, 1.165) is 66.8 Å². The number of halogens is 1. The molecule has 2 aliphatic heterocycles. The maximum absolute atomic E-state index is 13.8. The Morgan fingerprint density at radius 2 is 1.67 bits per heavy atom. The number of morpholine rings is 1. The van der Waals surface area contributed by atoms with Gasteiger partial charge < -0.3 is 19.1 Å². The third-order valence-corrected chi connectivity index (χ3v) is 6.35. The van der Waals surface area contributed by atoms with Crippen LogP contribution in [-0.4, -0.2) is 39.5 Å². The van der Waals surface area contributed by atoms with Crippen molar-refractivity contribution in [3.8, 4) is 11.5 Å². The van der Waals surface area contributed by atoms with E-state index < -0.39 is 0 Å². The van der Waals surface area contributed by atoms with Crippen LogP contribution in [0.1, 0.15) is 29.5 Å². The van der Waals surface area contributed by atoms with Crippen LogP contribution in [0.4, 0.5) is 4.39 Å². The number of fused-ring (bicyclic) bond motifs is 1. The van der Waals surface area contributed by atoms with E-state index in [4.69, 9.17) is 14.2 Å². The minimum Gasteiger partial charge on any atom is -0.494 e. The third-order valence-electron chi connectivity index (χ3n) is 6.35. The lowest BCUT2D eigenvalue weighted by Crippen LogP contribution is -3.14. The monoisotopic (exact) mass is 446 g/mol. The molecule has 170 valence electrons. The molecule has 0 aromatic heterocycles. The highest BCUT2D eigenvalue weighted by molar-refractivity contribution is 5.72. The topological polar surface area (TPSA) is 32.1 Å². The highest BCUT2D eigenvalue weighted by Gasteiger charge is 2.34. The van der Waals surface area contributed by atoms with Crippen LogP contribution < -0.4 is 14.4 Å². The van der Waals surface area contributed by atoms with Crippen molar-refractivity contribution < 1.29 is 23.5 Å². The molecule has 33 heavy (non-hydrogen) atoms. The SMILES string of the molecule is CCOc1ccc(C2=C(C[NH+]3CCOCC3)C(c3ccc(F)cc3)c3ccccc3O2)cc1. The molecular weight excluding hydrogens is 417 g/mol. The summed E-state index contributed by atoms with van der Waals surface area (Å²) in [6.07, 6.45) is 0. The fourth-order valence-corrected chi connectivity index (χ4v) is 4.74. The largest absolute Gasteiger partial charge is 0.494 e. The molecule has 5 rings (SSSR count). The van der Waals surface area contributed by atoms with Crippen molar-refractivity contribution in [3.63, 3.8) is 0 Å². The van der Waals surface area contributed by atoms with E-state index in [0.29, 0.717) is 6.61 Å². The number of ether oxygens (including phenoxy) is 3. The zero-order chi connectivity index (χ0) is 22.6. The molecule has 0 spiro atoms. The van der Waals surface area contributed by atoms with Crippen LogP contribution in [0.25, 0.3) is 5.76 Å². The molecule has 5 heteroatoms. The number of hydrogen-bond acceptors (Lipinski definition) is 3. The minimum atomic E-state index is -0.227. The summed E-state index contributed by atoms with van der Waals surface area (Å²) in [7, 11) is 0. The van der Waals surface area contributed by atoms with E-state index >= 15 is 0 Å². The molecule has 1 saturated heterocycles. The van der Waals surface area contributed by atoms with Crippen molar-refractivity contribution >= 4 is 5.76 Å². The van der Waals surface area contributed by atoms with Gasteiger partial charge in [-0.2, -0.15) is 0 Å². The molecule has 2 heterocycles. The van der Waals surface area contributed by atoms with Crippen LogP contribution in [0.2, 0.25) is 0 Å². The second-order valence-electron chi connectivity index (χ2n) is 8.48. The number of benzene rings is 3. The third kappa shape index (κ3) is 4.65. The Morgan fingerprint density at radius 1 is 0.939 bits per heavy atom. The minimum absolute atomic E-state index is 0.00698. The lowest BCUT2D eigenvalue weighted by Gasteiger charge is -2.34. The van der Waals surface area contributed by atoms with Crippen molar-refractivity contribution in [1.82, 2.24) is 0 Å². The Labute approximate surface area is 194 Å². The molecule has 1 atom stereocenters. The first-order chi connectivity index (χ1) is 16.2. The first kappa shape index (κ1) is 21.7. The summed E-state index contributed by atoms with van der Waals surface area (Å²) in [6, 6.07) is 23.1. The molecule has 0 aliphatic carbocycles. The summed E-state index contributed by atoms with van der Waals surface area (Å²) < 4.78 is 31.6. The first-order valence-corrected chi connectivity index (χ1v) is 11.6. The van der Waals surface area contributed by atoms with Crippen molar-refractivity contribution in [3.05, 3.63) is 101 Å². The Balaban J connectivity index is 1.64. The van der Waals surface area contributed by atoms with Gasteiger partial charge in [-0.05, 0) is 55.0 Å². The van der Waals surface area contributed by atoms with Gasteiger partial charge in [0.2, 0.25) is 0 Å². The summed E-state index contributed by atoms with van der Waals surface area (Å²) >= 11 is 0. The van der Waals surface area contributed by atoms with Crippen molar-refractivity contribution in [2.45, 2.75) is 12.8 Å². The van der Waals surface area contributed by atoms with Crippen LogP contribution in [0.5, 0.6) is 11.5 Å². The molecule has 0 bridgehead atoms. The fourth-order valence-electron chi connectivity index (χ4n) is 4.74. The van der Waals surface area contributed by atoms with E-state index in [1.54, 1.807) is 12.1 Å². The van der Waals surface area contributed by atoms with Gasteiger partial charge >= 0.3 is 0 Å². The second kappa shape index (κ2) is 9.77. The van der Waals surface area contributed by atoms with Gasteiger partial charge in [0, 0.05) is 22.6 Å². The maximum atomic E-state index is 13.8. The van der Waals surface area contributed by atoms with Crippen molar-refractivity contribution in [2.24, 2.45) is 0 Å². The van der Waals surface area contributed by atoms with E-state index in [1.165, 1.54) is 10.5 Å². The standard InChI is InChI=1S/C28H28FNO3/c1-2-32-23-13-9-21(10-14-23)28-25(19-30-15-17-31-18-16-30)27(20-7-11-22(29)12-8-20)24-5-3-4-6-26(24)33-28/h3-14,27H,2,15-19H2,1H3/p+1. The molecule has 0 radical (unpaired) electrons. The quantitative estimate of drug-likeness (QED) is 0.620. The number of nitrogens with one attached hydrogen (secondary N) is 1. The highest BCUT2D eigenvalue weighted by Crippen LogP contribution is 2.45. The maximum Gasteiger partial charge on any atom is 0.140 e. The molecule has 1 unspecified atom stereocenters. The molecule has 0 amide bonds. The van der Waals surface area contributed by atoms with E-state index in [2.05, 4.69) is 18.2 Å². The Hall–Kier alpha value is -3.15. The summed E-state index contributed by atoms with van der Waals surface area (Å²) in [5.41, 5.74) is 4.41. The Kier molecular flexibility index (Phi) is 6.42. The van der Waals surface area contributed by atoms with Crippen LogP contribution in [0.15, 0.2) is 78.4 Å². The zero-order valence-electron chi connectivity index (χ0n) is 18.9. The van der Waals surface area contributed by atoms with E-state index in [9.17, 15) is 4.39 Å². The predicted octanol–water partition coefficient (Wildman–Crippen LogP) is 4.08. The van der Waals surface area contributed by atoms with Gasteiger partial charge in [0.1, 0.15) is 42.7 Å². The van der Waals surface area contributed by atoms with Gasteiger partial charge in [-0.1, -0.05) is 30.3 Å². The lowest BCUT2D eigenvalue weighted by atomic mass is 9.81. The Morgan fingerprint density at radius 3 is 2.39 bits per heavy atom. The van der Waals surface area contributed by atoms with Gasteiger partial charge in [0.15, 0.2) is 0 Å². The number of hydrogen-bond donors (Lipinski definition) is 1. The molecular formula is C28H29FNO3+. The summed E-state index contributed by atoms with van der Waals surface area (Å²) in [4.78, 5) is 1.47. The number of rotatable bonds is 6. The summed E-state index contributed by atoms with van der Waals surface area (Å²) in [6.45, 7) is 6.88. The number of para-hydroxylation sites is 1. The predicted molar refractivity (Wildman–Crippen MR) is 126 cm³/mol. The average Bonchev–Trinajstić information content (AvgIpc) is 2.86. The second-order valence-corrected chi connectivity index (χ2v) is 8.48. The molecule has 1 N–H and O–H groups in total. The molecule has 0 saturated carbocycles. The summed E-state index contributed by atoms with van der Waals surface area (Å²) in [5.74, 6) is 2.33. The molecule has 1 fully saturated rings. The van der Waals surface area contributed by atoms with Gasteiger partial charge in [0.25, 0.3) is 0 Å². The average molecular weight is 447 g/mol. The van der Waals surface area contributed by atoms with Crippen LogP contribution >= 0.6 is 0 Å². The first-order valence-electron chi connectivity index (χ1n) is 11.6. The summed E-state index contributed by atoms with van der Waals surface area (Å²) in [5, 5.41) is 0. The fraction of sp³-hybridized carbons (Fsp3) is 0.286.